The van der Waals surface area contributed by atoms with Gasteiger partial charge in [-0.05, 0) is 42.4 Å². The van der Waals surface area contributed by atoms with Crippen molar-refractivity contribution in [2.75, 3.05) is 0 Å². The monoisotopic (exact) mass is 308 g/mol. The zero-order valence-electron chi connectivity index (χ0n) is 13.4. The van der Waals surface area contributed by atoms with Gasteiger partial charge in [-0.25, -0.2) is 0 Å². The summed E-state index contributed by atoms with van der Waals surface area (Å²) in [5.74, 6) is 0.109. The van der Waals surface area contributed by atoms with Crippen LogP contribution in [0.15, 0.2) is 54.6 Å². The molecule has 0 spiro atoms. The zero-order valence-corrected chi connectivity index (χ0v) is 13.4. The molecule has 0 atom stereocenters. The van der Waals surface area contributed by atoms with Crippen LogP contribution in [-0.4, -0.2) is 18.0 Å². The van der Waals surface area contributed by atoms with Crippen LogP contribution in [-0.2, 0) is 11.2 Å². The van der Waals surface area contributed by atoms with Crippen molar-refractivity contribution in [3.05, 3.63) is 60.2 Å². The lowest BCUT2D eigenvalue weighted by molar-refractivity contribution is -0.121. The van der Waals surface area contributed by atoms with E-state index in [4.69, 9.17) is 5.73 Å². The summed E-state index contributed by atoms with van der Waals surface area (Å²) in [5.41, 5.74) is 9.32. The predicted octanol–water partition coefficient (Wildman–Crippen LogP) is 3.28. The molecule has 23 heavy (non-hydrogen) atoms. The quantitative estimate of drug-likeness (QED) is 0.910. The molecule has 3 rings (SSSR count). The number of nitrogens with two attached hydrogens (primary N) is 1. The van der Waals surface area contributed by atoms with Crippen molar-refractivity contribution in [1.82, 2.24) is 5.32 Å². The molecular formula is C20H24N2O. The van der Waals surface area contributed by atoms with Crippen molar-refractivity contribution in [3.8, 4) is 11.1 Å². The maximum absolute atomic E-state index is 12.2. The van der Waals surface area contributed by atoms with Gasteiger partial charge in [0.1, 0.15) is 0 Å². The van der Waals surface area contributed by atoms with E-state index in [2.05, 4.69) is 29.6 Å². The lowest BCUT2D eigenvalue weighted by Gasteiger charge is -2.26. The molecule has 0 saturated heterocycles. The van der Waals surface area contributed by atoms with Crippen LogP contribution in [0.2, 0.25) is 0 Å². The fourth-order valence-electron chi connectivity index (χ4n) is 3.17. The summed E-state index contributed by atoms with van der Waals surface area (Å²) in [6.07, 6.45) is 4.46. The third-order valence-corrected chi connectivity index (χ3v) is 4.56. The van der Waals surface area contributed by atoms with Crippen LogP contribution in [0.4, 0.5) is 0 Å². The highest BCUT2D eigenvalue weighted by Crippen LogP contribution is 2.20. The van der Waals surface area contributed by atoms with E-state index in [1.54, 1.807) is 0 Å². The Morgan fingerprint density at radius 1 is 0.913 bits per heavy atom. The lowest BCUT2D eigenvalue weighted by atomic mass is 9.91. The van der Waals surface area contributed by atoms with Crippen LogP contribution >= 0.6 is 0 Å². The Morgan fingerprint density at radius 3 is 2.17 bits per heavy atom. The first kappa shape index (κ1) is 15.8. The number of carbonyl (C=O) groups is 1. The molecule has 2 aromatic rings. The number of rotatable bonds is 4. The van der Waals surface area contributed by atoms with Crippen molar-refractivity contribution in [3.63, 3.8) is 0 Å². The Morgan fingerprint density at radius 2 is 1.52 bits per heavy atom. The second-order valence-corrected chi connectivity index (χ2v) is 6.42. The molecule has 2 aromatic carbocycles. The molecule has 3 heteroatoms. The summed E-state index contributed by atoms with van der Waals surface area (Å²) in [6.45, 7) is 0. The molecule has 3 nitrogen and oxygen atoms in total. The van der Waals surface area contributed by atoms with Gasteiger partial charge in [0.05, 0.1) is 6.42 Å². The number of carbonyl (C=O) groups excluding carboxylic acids is 1. The van der Waals surface area contributed by atoms with E-state index >= 15 is 0 Å². The minimum atomic E-state index is 0.109. The summed E-state index contributed by atoms with van der Waals surface area (Å²) in [4.78, 5) is 12.2. The van der Waals surface area contributed by atoms with E-state index in [0.29, 0.717) is 18.5 Å². The van der Waals surface area contributed by atoms with Gasteiger partial charge in [-0.3, -0.25) is 4.79 Å². The predicted molar refractivity (Wildman–Crippen MR) is 94.0 cm³/mol. The van der Waals surface area contributed by atoms with Gasteiger partial charge < -0.3 is 11.1 Å². The molecule has 0 heterocycles. The molecule has 1 fully saturated rings. The highest BCUT2D eigenvalue weighted by molar-refractivity contribution is 5.79. The van der Waals surface area contributed by atoms with Crippen LogP contribution in [0.25, 0.3) is 11.1 Å². The fourth-order valence-corrected chi connectivity index (χ4v) is 3.17. The zero-order chi connectivity index (χ0) is 16.1. The molecule has 1 aliphatic carbocycles. The molecule has 0 bridgehead atoms. The SMILES string of the molecule is NC1CCC(NC(=O)Cc2ccc(-c3ccccc3)cc2)CC1. The molecule has 0 aliphatic heterocycles. The maximum atomic E-state index is 12.2. The van der Waals surface area contributed by atoms with E-state index < -0.39 is 0 Å². The second-order valence-electron chi connectivity index (χ2n) is 6.42. The van der Waals surface area contributed by atoms with Crippen LogP contribution < -0.4 is 11.1 Å². The lowest BCUT2D eigenvalue weighted by Crippen LogP contribution is -2.41. The minimum absolute atomic E-state index is 0.109. The topological polar surface area (TPSA) is 55.1 Å². The van der Waals surface area contributed by atoms with E-state index in [1.807, 2.05) is 30.3 Å². The third kappa shape index (κ3) is 4.42. The Bertz CT molecular complexity index is 628. The first-order valence-electron chi connectivity index (χ1n) is 8.40. The number of hydrogen-bond donors (Lipinski definition) is 2. The fraction of sp³-hybridized carbons (Fsp3) is 0.350. The van der Waals surface area contributed by atoms with Crippen LogP contribution in [0.5, 0.6) is 0 Å². The maximum Gasteiger partial charge on any atom is 0.224 e. The third-order valence-electron chi connectivity index (χ3n) is 4.56. The summed E-state index contributed by atoms with van der Waals surface area (Å²) < 4.78 is 0. The van der Waals surface area contributed by atoms with Gasteiger partial charge in [0.2, 0.25) is 5.91 Å². The number of nitrogens with one attached hydrogen (secondary N) is 1. The Kier molecular flexibility index (Phi) is 5.09. The first-order valence-corrected chi connectivity index (χ1v) is 8.40. The second kappa shape index (κ2) is 7.42. The number of benzene rings is 2. The normalized spacial score (nSPS) is 20.9. The van der Waals surface area contributed by atoms with Crippen molar-refractivity contribution < 1.29 is 4.79 Å². The average molecular weight is 308 g/mol. The van der Waals surface area contributed by atoms with E-state index in [0.717, 1.165) is 31.2 Å². The van der Waals surface area contributed by atoms with Crippen molar-refractivity contribution in [2.45, 2.75) is 44.2 Å². The van der Waals surface area contributed by atoms with Crippen molar-refractivity contribution >= 4 is 5.91 Å². The number of amides is 1. The largest absolute Gasteiger partial charge is 0.353 e. The van der Waals surface area contributed by atoms with Crippen LogP contribution in [0, 0.1) is 0 Å². The minimum Gasteiger partial charge on any atom is -0.353 e. The van der Waals surface area contributed by atoms with Gasteiger partial charge in [0, 0.05) is 12.1 Å². The summed E-state index contributed by atoms with van der Waals surface area (Å²) in [5, 5.41) is 3.14. The summed E-state index contributed by atoms with van der Waals surface area (Å²) in [7, 11) is 0. The first-order chi connectivity index (χ1) is 11.2. The molecule has 0 unspecified atom stereocenters. The average Bonchev–Trinajstić information content (AvgIpc) is 2.58. The molecule has 120 valence electrons. The van der Waals surface area contributed by atoms with Gasteiger partial charge in [0.15, 0.2) is 0 Å². The number of hydrogen-bond acceptors (Lipinski definition) is 2. The van der Waals surface area contributed by atoms with Gasteiger partial charge in [-0.1, -0.05) is 54.6 Å². The van der Waals surface area contributed by atoms with Gasteiger partial charge in [-0.2, -0.15) is 0 Å². The van der Waals surface area contributed by atoms with Crippen LogP contribution in [0.1, 0.15) is 31.2 Å². The summed E-state index contributed by atoms with van der Waals surface area (Å²) >= 11 is 0. The molecule has 0 radical (unpaired) electrons. The molecular weight excluding hydrogens is 284 g/mol. The van der Waals surface area contributed by atoms with Crippen molar-refractivity contribution in [2.24, 2.45) is 5.73 Å². The summed E-state index contributed by atoms with van der Waals surface area (Å²) in [6, 6.07) is 19.1. The molecule has 1 amide bonds. The van der Waals surface area contributed by atoms with E-state index in [1.165, 1.54) is 11.1 Å². The molecule has 1 aliphatic rings. The Balaban J connectivity index is 1.55. The van der Waals surface area contributed by atoms with Gasteiger partial charge in [-0.15, -0.1) is 0 Å². The standard InChI is InChI=1S/C20H24N2O/c21-18-10-12-19(13-11-18)22-20(23)14-15-6-8-17(9-7-15)16-4-2-1-3-5-16/h1-9,18-19H,10-14,21H2,(H,22,23). The van der Waals surface area contributed by atoms with E-state index in [9.17, 15) is 4.79 Å². The van der Waals surface area contributed by atoms with Crippen LogP contribution in [0.3, 0.4) is 0 Å². The Labute approximate surface area is 137 Å². The Hall–Kier alpha value is -2.13. The van der Waals surface area contributed by atoms with Gasteiger partial charge in [0.25, 0.3) is 0 Å². The highest BCUT2D eigenvalue weighted by atomic mass is 16.1. The molecule has 1 saturated carbocycles. The molecule has 0 aromatic heterocycles. The van der Waals surface area contributed by atoms with Crippen molar-refractivity contribution in [1.29, 1.82) is 0 Å². The highest BCUT2D eigenvalue weighted by Gasteiger charge is 2.19. The van der Waals surface area contributed by atoms with E-state index in [-0.39, 0.29) is 5.91 Å². The smallest absolute Gasteiger partial charge is 0.224 e. The molecule has 3 N–H and O–H groups in total. The van der Waals surface area contributed by atoms with Gasteiger partial charge >= 0.3 is 0 Å².